The highest BCUT2D eigenvalue weighted by Gasteiger charge is 2.66. The van der Waals surface area contributed by atoms with E-state index in [1.54, 1.807) is 0 Å². The van der Waals surface area contributed by atoms with Crippen molar-refractivity contribution >= 4 is 5.97 Å². The lowest BCUT2D eigenvalue weighted by molar-refractivity contribution is -0.143. The molecule has 66 valence electrons. The molecule has 2 aliphatic carbocycles. The van der Waals surface area contributed by atoms with Gasteiger partial charge in [0.1, 0.15) is 0 Å². The van der Waals surface area contributed by atoms with Gasteiger partial charge in [-0.15, -0.1) is 0 Å². The van der Waals surface area contributed by atoms with Gasteiger partial charge in [0.2, 0.25) is 0 Å². The third-order valence-electron chi connectivity index (χ3n) is 3.64. The van der Waals surface area contributed by atoms with E-state index in [0.717, 1.165) is 12.8 Å². The van der Waals surface area contributed by atoms with Gasteiger partial charge < -0.3 is 5.11 Å². The van der Waals surface area contributed by atoms with Crippen molar-refractivity contribution in [2.45, 2.75) is 26.7 Å². The molecule has 0 bridgehead atoms. The molecule has 0 aromatic carbocycles. The third-order valence-corrected chi connectivity index (χ3v) is 3.64. The molecule has 1 saturated carbocycles. The van der Waals surface area contributed by atoms with Crippen LogP contribution >= 0.6 is 0 Å². The quantitative estimate of drug-likeness (QED) is 0.605. The molecule has 0 radical (unpaired) electrons. The van der Waals surface area contributed by atoms with Crippen molar-refractivity contribution in [2.24, 2.45) is 17.3 Å². The predicted molar refractivity (Wildman–Crippen MR) is 45.7 cm³/mol. The molecule has 2 nitrogen and oxygen atoms in total. The zero-order chi connectivity index (χ0) is 8.93. The molecule has 0 spiro atoms. The number of carboxylic acids is 1. The van der Waals surface area contributed by atoms with Gasteiger partial charge >= 0.3 is 5.97 Å². The first-order valence-electron chi connectivity index (χ1n) is 4.46. The standard InChI is InChI=1S/C10H14O2/c1-6-3-4-7-8(5-6)10(7,2)9(11)12/h3,7-8H,4-5H2,1-2H3,(H,11,12)/t7-,8+,10+/m1/s1. The molecule has 0 saturated heterocycles. The predicted octanol–water partition coefficient (Wildman–Crippen LogP) is 2.06. The lowest BCUT2D eigenvalue weighted by atomic mass is 10.0. The summed E-state index contributed by atoms with van der Waals surface area (Å²) in [5, 5.41) is 9.01. The summed E-state index contributed by atoms with van der Waals surface area (Å²) in [5.74, 6) is 0.222. The number of aliphatic carboxylic acids is 1. The summed E-state index contributed by atoms with van der Waals surface area (Å²) in [7, 11) is 0. The van der Waals surface area contributed by atoms with Gasteiger partial charge in [0.05, 0.1) is 5.41 Å². The lowest BCUT2D eigenvalue weighted by Crippen LogP contribution is -2.14. The molecule has 3 atom stereocenters. The largest absolute Gasteiger partial charge is 0.481 e. The van der Waals surface area contributed by atoms with E-state index in [9.17, 15) is 4.79 Å². The van der Waals surface area contributed by atoms with Crippen LogP contribution in [0.3, 0.4) is 0 Å². The van der Waals surface area contributed by atoms with Gasteiger partial charge in [0.25, 0.3) is 0 Å². The Morgan fingerprint density at radius 1 is 1.67 bits per heavy atom. The maximum atomic E-state index is 10.9. The van der Waals surface area contributed by atoms with Crippen LogP contribution in [-0.4, -0.2) is 11.1 Å². The van der Waals surface area contributed by atoms with Gasteiger partial charge in [-0.1, -0.05) is 11.6 Å². The normalized spacial score (nSPS) is 44.7. The zero-order valence-electron chi connectivity index (χ0n) is 7.50. The fourth-order valence-corrected chi connectivity index (χ4v) is 2.54. The van der Waals surface area contributed by atoms with Crippen LogP contribution in [0.15, 0.2) is 11.6 Å². The molecule has 1 fully saturated rings. The minimum absolute atomic E-state index is 0.408. The monoisotopic (exact) mass is 166 g/mol. The first-order chi connectivity index (χ1) is 5.56. The highest BCUT2D eigenvalue weighted by Crippen LogP contribution is 2.64. The molecule has 0 aromatic rings. The summed E-state index contributed by atoms with van der Waals surface area (Å²) in [4.78, 5) is 10.9. The van der Waals surface area contributed by atoms with Gasteiger partial charge in [-0.25, -0.2) is 0 Å². The fraction of sp³-hybridized carbons (Fsp3) is 0.700. The maximum absolute atomic E-state index is 10.9. The minimum atomic E-state index is -0.611. The Morgan fingerprint density at radius 3 is 2.83 bits per heavy atom. The van der Waals surface area contributed by atoms with Crippen molar-refractivity contribution in [3.8, 4) is 0 Å². The van der Waals surface area contributed by atoms with Crippen molar-refractivity contribution in [1.29, 1.82) is 0 Å². The summed E-state index contributed by atoms with van der Waals surface area (Å²) in [5.41, 5.74) is 0.954. The first-order valence-corrected chi connectivity index (χ1v) is 4.46. The van der Waals surface area contributed by atoms with E-state index in [4.69, 9.17) is 5.11 Å². The number of allylic oxidation sites excluding steroid dienone is 2. The first kappa shape index (κ1) is 7.84. The lowest BCUT2D eigenvalue weighted by Gasteiger charge is -2.04. The van der Waals surface area contributed by atoms with Gasteiger partial charge in [-0.05, 0) is 38.5 Å². The molecule has 0 aliphatic heterocycles. The van der Waals surface area contributed by atoms with Crippen LogP contribution in [0.4, 0.5) is 0 Å². The van der Waals surface area contributed by atoms with E-state index in [-0.39, 0.29) is 0 Å². The summed E-state index contributed by atoms with van der Waals surface area (Å²) in [6.07, 6.45) is 4.15. The van der Waals surface area contributed by atoms with E-state index in [1.807, 2.05) is 6.92 Å². The molecule has 1 N–H and O–H groups in total. The van der Waals surface area contributed by atoms with Crippen molar-refractivity contribution in [2.75, 3.05) is 0 Å². The van der Waals surface area contributed by atoms with Crippen molar-refractivity contribution in [3.63, 3.8) is 0 Å². The Morgan fingerprint density at radius 2 is 2.33 bits per heavy atom. The number of carbonyl (C=O) groups is 1. The van der Waals surface area contributed by atoms with Crippen molar-refractivity contribution in [1.82, 2.24) is 0 Å². The van der Waals surface area contributed by atoms with Crippen LogP contribution in [0.1, 0.15) is 26.7 Å². The number of carboxylic acid groups (broad SMARTS) is 1. The van der Waals surface area contributed by atoms with Crippen LogP contribution in [0.5, 0.6) is 0 Å². The highest BCUT2D eigenvalue weighted by atomic mass is 16.4. The zero-order valence-corrected chi connectivity index (χ0v) is 7.50. The van der Waals surface area contributed by atoms with Crippen LogP contribution in [0.2, 0.25) is 0 Å². The Kier molecular flexibility index (Phi) is 1.39. The van der Waals surface area contributed by atoms with Crippen LogP contribution in [0.25, 0.3) is 0 Å². The molecule has 2 heteroatoms. The van der Waals surface area contributed by atoms with E-state index >= 15 is 0 Å². The van der Waals surface area contributed by atoms with E-state index in [0.29, 0.717) is 11.8 Å². The third kappa shape index (κ3) is 0.780. The number of rotatable bonds is 1. The number of hydrogen-bond acceptors (Lipinski definition) is 1. The topological polar surface area (TPSA) is 37.3 Å². The molecule has 0 amide bonds. The van der Waals surface area contributed by atoms with E-state index < -0.39 is 11.4 Å². The number of hydrogen-bond donors (Lipinski definition) is 1. The molecular weight excluding hydrogens is 152 g/mol. The summed E-state index contributed by atoms with van der Waals surface area (Å²) in [6.45, 7) is 3.98. The van der Waals surface area contributed by atoms with Crippen LogP contribution < -0.4 is 0 Å². The average Bonchev–Trinajstić information content (AvgIpc) is 2.58. The second-order valence-corrected chi connectivity index (χ2v) is 4.29. The molecule has 0 unspecified atom stereocenters. The Hall–Kier alpha value is -0.790. The average molecular weight is 166 g/mol. The Bertz CT molecular complexity index is 267. The summed E-state index contributed by atoms with van der Waals surface area (Å²) >= 11 is 0. The maximum Gasteiger partial charge on any atom is 0.309 e. The van der Waals surface area contributed by atoms with Crippen molar-refractivity contribution < 1.29 is 9.90 Å². The molecule has 12 heavy (non-hydrogen) atoms. The van der Waals surface area contributed by atoms with Gasteiger partial charge in [0.15, 0.2) is 0 Å². The molecule has 0 heterocycles. The molecular formula is C10H14O2. The summed E-state index contributed by atoms with van der Waals surface area (Å²) < 4.78 is 0. The molecule has 2 rings (SSSR count). The van der Waals surface area contributed by atoms with Gasteiger partial charge in [0, 0.05) is 0 Å². The van der Waals surface area contributed by atoms with E-state index in [2.05, 4.69) is 13.0 Å². The van der Waals surface area contributed by atoms with Gasteiger partial charge in [-0.3, -0.25) is 4.79 Å². The number of fused-ring (bicyclic) bond motifs is 1. The van der Waals surface area contributed by atoms with E-state index in [1.165, 1.54) is 5.57 Å². The fourth-order valence-electron chi connectivity index (χ4n) is 2.54. The Balaban J connectivity index is 2.17. The second-order valence-electron chi connectivity index (χ2n) is 4.29. The van der Waals surface area contributed by atoms with Crippen molar-refractivity contribution in [3.05, 3.63) is 11.6 Å². The SMILES string of the molecule is CC1=CC[C@@H]2[C@H](C1)[C@@]2(C)C(=O)O. The highest BCUT2D eigenvalue weighted by molar-refractivity contribution is 5.79. The van der Waals surface area contributed by atoms with Crippen LogP contribution in [0, 0.1) is 17.3 Å². The van der Waals surface area contributed by atoms with Gasteiger partial charge in [-0.2, -0.15) is 0 Å². The minimum Gasteiger partial charge on any atom is -0.481 e. The summed E-state index contributed by atoms with van der Waals surface area (Å²) in [6, 6.07) is 0. The van der Waals surface area contributed by atoms with Crippen LogP contribution in [-0.2, 0) is 4.79 Å². The second kappa shape index (κ2) is 2.12. The molecule has 2 aliphatic rings. The molecule has 0 aromatic heterocycles. The Labute approximate surface area is 72.3 Å². The smallest absolute Gasteiger partial charge is 0.309 e.